The van der Waals surface area contributed by atoms with Crippen LogP contribution in [0.1, 0.15) is 0 Å². The zero-order chi connectivity index (χ0) is 8.65. The average Bonchev–Trinajstić information content (AvgIpc) is 2.81. The molecule has 13 heavy (non-hydrogen) atoms. The summed E-state index contributed by atoms with van der Waals surface area (Å²) in [6, 6.07) is 17.7. The second kappa shape index (κ2) is 8.07. The Kier molecular flexibility index (Phi) is 7.72. The van der Waals surface area contributed by atoms with E-state index in [-0.39, 0.29) is 17.1 Å². The molecule has 0 saturated carbocycles. The van der Waals surface area contributed by atoms with E-state index in [1.807, 2.05) is 54.6 Å². The Morgan fingerprint density at radius 3 is 1.77 bits per heavy atom. The Balaban J connectivity index is 0.000000215. The minimum atomic E-state index is 0. The maximum Gasteiger partial charge on any atom is 2.00 e. The summed E-state index contributed by atoms with van der Waals surface area (Å²) in [4.78, 5) is 0. The molecule has 0 aliphatic rings. The van der Waals surface area contributed by atoms with E-state index in [2.05, 4.69) is 9.47 Å². The fraction of sp³-hybridized carbons (Fsp3) is 0. The first-order chi connectivity index (χ1) is 5.93. The molecule has 2 rings (SSSR count). The van der Waals surface area contributed by atoms with Gasteiger partial charge in [-0.2, -0.15) is 18.2 Å². The van der Waals surface area contributed by atoms with Gasteiger partial charge in [-0.25, -0.2) is 24.3 Å². The van der Waals surface area contributed by atoms with Gasteiger partial charge in [0.1, 0.15) is 0 Å². The van der Waals surface area contributed by atoms with Crippen LogP contribution in [0.2, 0.25) is 0 Å². The third-order valence-corrected chi connectivity index (χ3v) is 1.60. The fourth-order valence-corrected chi connectivity index (χ4v) is 0.913. The van der Waals surface area contributed by atoms with Crippen LogP contribution >= 0.6 is 9.47 Å². The largest absolute Gasteiger partial charge is 2.00 e. The van der Waals surface area contributed by atoms with E-state index >= 15 is 0 Å². The van der Waals surface area contributed by atoms with Gasteiger partial charge >= 0.3 is 17.1 Å². The van der Waals surface area contributed by atoms with E-state index in [4.69, 9.17) is 4.52 Å². The van der Waals surface area contributed by atoms with Gasteiger partial charge in [-0.05, 0) is 0 Å². The van der Waals surface area contributed by atoms with E-state index in [0.717, 1.165) is 5.75 Å². The first kappa shape index (κ1) is 12.4. The van der Waals surface area contributed by atoms with Crippen molar-refractivity contribution in [1.29, 1.82) is 0 Å². The molecule has 3 heteroatoms. The van der Waals surface area contributed by atoms with Gasteiger partial charge < -0.3 is 4.52 Å². The number of hydrogen-bond donors (Lipinski definition) is 0. The SMILES string of the molecule is PO[c-]1cccc1.[Fe+2].c1cc[cH-]c1. The molecular weight excluding hydrogens is 223 g/mol. The van der Waals surface area contributed by atoms with Crippen LogP contribution in [-0.4, -0.2) is 0 Å². The number of rotatable bonds is 1. The van der Waals surface area contributed by atoms with E-state index in [0.29, 0.717) is 0 Å². The summed E-state index contributed by atoms with van der Waals surface area (Å²) in [6.07, 6.45) is 0. The van der Waals surface area contributed by atoms with Crippen LogP contribution in [0.15, 0.2) is 54.6 Å². The minimum absolute atomic E-state index is 0. The maximum absolute atomic E-state index is 4.77. The zero-order valence-electron chi connectivity index (χ0n) is 7.04. The van der Waals surface area contributed by atoms with Crippen LogP contribution in [0.3, 0.4) is 0 Å². The Hall–Kier alpha value is -0.551. The van der Waals surface area contributed by atoms with E-state index < -0.39 is 0 Å². The molecule has 0 amide bonds. The van der Waals surface area contributed by atoms with Crippen molar-refractivity contribution in [3.05, 3.63) is 54.6 Å². The van der Waals surface area contributed by atoms with Crippen molar-refractivity contribution in [3.8, 4) is 5.75 Å². The molecule has 0 heterocycles. The van der Waals surface area contributed by atoms with Gasteiger partial charge in [0.15, 0.2) is 0 Å². The van der Waals surface area contributed by atoms with Crippen molar-refractivity contribution in [2.75, 3.05) is 0 Å². The minimum Gasteiger partial charge on any atom is -0.537 e. The van der Waals surface area contributed by atoms with Gasteiger partial charge in [-0.15, -0.1) is 12.1 Å². The smallest absolute Gasteiger partial charge is 0.537 e. The van der Waals surface area contributed by atoms with Gasteiger partial charge in [0.05, 0.1) is 0 Å². The summed E-state index contributed by atoms with van der Waals surface area (Å²) >= 11 is 0. The molecule has 1 unspecified atom stereocenters. The second-order valence-electron chi connectivity index (χ2n) is 2.20. The van der Waals surface area contributed by atoms with E-state index in [1.54, 1.807) is 0 Å². The third-order valence-electron chi connectivity index (χ3n) is 1.32. The summed E-state index contributed by atoms with van der Waals surface area (Å²) in [5.41, 5.74) is 0. The Bertz CT molecular complexity index is 246. The summed E-state index contributed by atoms with van der Waals surface area (Å²) in [5.74, 6) is 0.894. The van der Waals surface area contributed by atoms with Crippen LogP contribution in [-0.2, 0) is 17.1 Å². The Morgan fingerprint density at radius 2 is 1.54 bits per heavy atom. The second-order valence-corrected chi connectivity index (χ2v) is 2.44. The molecule has 0 aliphatic carbocycles. The molecule has 0 aromatic heterocycles. The molecule has 0 fully saturated rings. The third kappa shape index (κ3) is 5.65. The molecule has 0 aliphatic heterocycles. The average molecular weight is 234 g/mol. The van der Waals surface area contributed by atoms with Crippen LogP contribution in [0.5, 0.6) is 5.75 Å². The summed E-state index contributed by atoms with van der Waals surface area (Å²) in [7, 11) is 2.18. The summed E-state index contributed by atoms with van der Waals surface area (Å²) in [5, 5.41) is 0. The van der Waals surface area contributed by atoms with Crippen molar-refractivity contribution >= 4 is 9.47 Å². The monoisotopic (exact) mass is 234 g/mol. The first-order valence-corrected chi connectivity index (χ1v) is 4.16. The summed E-state index contributed by atoms with van der Waals surface area (Å²) in [6.45, 7) is 0. The fourth-order valence-electron chi connectivity index (χ4n) is 0.756. The van der Waals surface area contributed by atoms with Crippen molar-refractivity contribution in [1.82, 2.24) is 0 Å². The molecule has 0 spiro atoms. The van der Waals surface area contributed by atoms with E-state index in [1.165, 1.54) is 0 Å². The topological polar surface area (TPSA) is 9.23 Å². The summed E-state index contributed by atoms with van der Waals surface area (Å²) < 4.78 is 4.77. The first-order valence-electron chi connectivity index (χ1n) is 3.68. The Morgan fingerprint density at radius 1 is 1.00 bits per heavy atom. The van der Waals surface area contributed by atoms with Crippen LogP contribution in [0.25, 0.3) is 0 Å². The predicted octanol–water partition coefficient (Wildman–Crippen LogP) is 2.98. The van der Waals surface area contributed by atoms with Crippen molar-refractivity contribution < 1.29 is 21.6 Å². The quantitative estimate of drug-likeness (QED) is 0.418. The molecule has 70 valence electrons. The Labute approximate surface area is 91.6 Å². The molecule has 2 aromatic carbocycles. The van der Waals surface area contributed by atoms with Crippen molar-refractivity contribution in [2.45, 2.75) is 0 Å². The van der Waals surface area contributed by atoms with Gasteiger partial charge in [-0.3, -0.25) is 0 Å². The van der Waals surface area contributed by atoms with Gasteiger partial charge in [0.25, 0.3) is 0 Å². The normalized spacial score (nSPS) is 7.77. The molecule has 0 radical (unpaired) electrons. The molecule has 0 bridgehead atoms. The molecule has 0 N–H and O–H groups in total. The molecular formula is C10H11FeOP. The predicted molar refractivity (Wildman–Crippen MR) is 54.4 cm³/mol. The molecule has 1 nitrogen and oxygen atoms in total. The molecule has 0 saturated heterocycles. The number of hydrogen-bond acceptors (Lipinski definition) is 1. The standard InChI is InChI=1S/C5H6OP.C5H5.Fe/c7-6-5-3-1-2-4-5;1-2-4-5-3-1;/h1-4H,7H2;1-5H;/q2*-1;+2. The van der Waals surface area contributed by atoms with Crippen LogP contribution < -0.4 is 4.52 Å². The van der Waals surface area contributed by atoms with Crippen molar-refractivity contribution in [2.24, 2.45) is 0 Å². The maximum atomic E-state index is 4.77. The van der Waals surface area contributed by atoms with Crippen LogP contribution in [0, 0.1) is 0 Å². The molecule has 1 atom stereocenters. The zero-order valence-corrected chi connectivity index (χ0v) is 9.29. The van der Waals surface area contributed by atoms with E-state index in [9.17, 15) is 0 Å². The van der Waals surface area contributed by atoms with Crippen molar-refractivity contribution in [3.63, 3.8) is 0 Å². The van der Waals surface area contributed by atoms with Gasteiger partial charge in [0, 0.05) is 15.2 Å². The van der Waals surface area contributed by atoms with Gasteiger partial charge in [-0.1, -0.05) is 0 Å². The van der Waals surface area contributed by atoms with Crippen LogP contribution in [0.4, 0.5) is 0 Å². The van der Waals surface area contributed by atoms with Gasteiger partial charge in [0.2, 0.25) is 0 Å². The molecule has 2 aromatic rings.